The van der Waals surface area contributed by atoms with Gasteiger partial charge in [0.15, 0.2) is 0 Å². The maximum atomic E-state index is 12.6. The number of morpholine rings is 1. The van der Waals surface area contributed by atoms with E-state index in [4.69, 9.17) is 4.74 Å². The van der Waals surface area contributed by atoms with E-state index in [0.717, 1.165) is 4.90 Å². The molecule has 4 amide bonds. The number of carbonyl (C=O) groups is 3. The van der Waals surface area contributed by atoms with Crippen LogP contribution in [0.1, 0.15) is 16.8 Å². The number of sulfonamides is 1. The van der Waals surface area contributed by atoms with E-state index >= 15 is 0 Å². The lowest BCUT2D eigenvalue weighted by Crippen LogP contribution is -2.59. The van der Waals surface area contributed by atoms with Crippen LogP contribution in [0.15, 0.2) is 29.2 Å². The normalized spacial score (nSPS) is 21.7. The molecule has 152 valence electrons. The Bertz CT molecular complexity index is 879. The second kappa shape index (κ2) is 7.86. The molecule has 0 bridgehead atoms. The number of carbonyl (C=O) groups excluding carboxylic acids is 3. The van der Waals surface area contributed by atoms with Crippen LogP contribution in [0, 0.1) is 0 Å². The monoisotopic (exact) mass is 410 g/mol. The Morgan fingerprint density at radius 2 is 1.71 bits per heavy atom. The third-order valence-electron chi connectivity index (χ3n) is 4.82. The average Bonchev–Trinajstić information content (AvgIpc) is 2.71. The van der Waals surface area contributed by atoms with Gasteiger partial charge in [0.2, 0.25) is 15.9 Å². The Kier molecular flexibility index (Phi) is 5.68. The molecule has 1 aromatic rings. The fourth-order valence-electron chi connectivity index (χ4n) is 3.01. The van der Waals surface area contributed by atoms with E-state index in [0.29, 0.717) is 13.2 Å². The summed E-state index contributed by atoms with van der Waals surface area (Å²) in [5.41, 5.74) is 0.230. The third-order valence-corrected chi connectivity index (χ3v) is 6.73. The number of urea groups is 1. The van der Waals surface area contributed by atoms with Gasteiger partial charge in [0, 0.05) is 32.7 Å². The zero-order valence-corrected chi connectivity index (χ0v) is 16.4. The first-order chi connectivity index (χ1) is 13.2. The van der Waals surface area contributed by atoms with Gasteiger partial charge >= 0.3 is 6.03 Å². The Morgan fingerprint density at radius 3 is 2.32 bits per heavy atom. The molecule has 2 fully saturated rings. The van der Waals surface area contributed by atoms with Crippen LogP contribution in [0.25, 0.3) is 0 Å². The molecule has 2 saturated heterocycles. The summed E-state index contributed by atoms with van der Waals surface area (Å²) in [6.07, 6.45) is -0.797. The second-order valence-electron chi connectivity index (χ2n) is 6.58. The predicted molar refractivity (Wildman–Crippen MR) is 97.8 cm³/mol. The van der Waals surface area contributed by atoms with Crippen LogP contribution < -0.4 is 5.32 Å². The highest BCUT2D eigenvalue weighted by molar-refractivity contribution is 7.89. The molecule has 1 aromatic carbocycles. The molecule has 0 aliphatic carbocycles. The highest BCUT2D eigenvalue weighted by atomic mass is 32.2. The molecular weight excluding hydrogens is 388 g/mol. The number of rotatable bonds is 4. The summed E-state index contributed by atoms with van der Waals surface area (Å²) in [4.78, 5) is 38.6. The van der Waals surface area contributed by atoms with Gasteiger partial charge in [0.1, 0.15) is 6.17 Å². The minimum Gasteiger partial charge on any atom is -0.379 e. The van der Waals surface area contributed by atoms with Crippen molar-refractivity contribution in [1.82, 2.24) is 19.4 Å². The van der Waals surface area contributed by atoms with Crippen LogP contribution in [0.5, 0.6) is 0 Å². The van der Waals surface area contributed by atoms with E-state index < -0.39 is 28.1 Å². The number of nitrogens with zero attached hydrogens (tertiary/aromatic N) is 3. The average molecular weight is 410 g/mol. The first kappa shape index (κ1) is 20.2. The Hall–Kier alpha value is -2.50. The van der Waals surface area contributed by atoms with Gasteiger partial charge in [-0.2, -0.15) is 4.31 Å². The van der Waals surface area contributed by atoms with Crippen molar-refractivity contribution in [3.05, 3.63) is 29.8 Å². The Labute approximate surface area is 163 Å². The first-order valence-corrected chi connectivity index (χ1v) is 10.2. The largest absolute Gasteiger partial charge is 0.379 e. The van der Waals surface area contributed by atoms with Crippen LogP contribution in [0.3, 0.4) is 0 Å². The number of nitrogens with one attached hydrogen (secondary N) is 1. The van der Waals surface area contributed by atoms with E-state index in [2.05, 4.69) is 5.32 Å². The summed E-state index contributed by atoms with van der Waals surface area (Å²) in [6.45, 7) is 1.27. The van der Waals surface area contributed by atoms with Crippen molar-refractivity contribution < 1.29 is 27.5 Å². The molecule has 3 rings (SSSR count). The fraction of sp³-hybridized carbons (Fsp3) is 0.471. The number of amides is 4. The summed E-state index contributed by atoms with van der Waals surface area (Å²) in [7, 11) is -0.767. The third kappa shape index (κ3) is 3.86. The molecule has 11 heteroatoms. The summed E-state index contributed by atoms with van der Waals surface area (Å²) in [6, 6.07) is 5.04. The first-order valence-electron chi connectivity index (χ1n) is 8.74. The second-order valence-corrected chi connectivity index (χ2v) is 8.52. The van der Waals surface area contributed by atoms with Gasteiger partial charge in [-0.05, 0) is 24.3 Å². The van der Waals surface area contributed by atoms with E-state index in [1.807, 2.05) is 0 Å². The fourth-order valence-corrected chi connectivity index (χ4v) is 4.42. The number of ether oxygens (including phenoxy) is 1. The summed E-state index contributed by atoms with van der Waals surface area (Å²) >= 11 is 0. The molecule has 0 radical (unpaired) electrons. The summed E-state index contributed by atoms with van der Waals surface area (Å²) < 4.78 is 31.7. The standard InChI is InChI=1S/C17H22N4O6S/c1-19-14(11-15(22)20(2)17(19)24)18-16(23)12-3-5-13(6-4-12)28(25,26)21-7-9-27-10-8-21/h3-6,14H,7-11H2,1-2H3,(H,18,23). The van der Waals surface area contributed by atoms with Crippen molar-refractivity contribution in [3.63, 3.8) is 0 Å². The molecule has 28 heavy (non-hydrogen) atoms. The SMILES string of the molecule is CN1C(=O)CC(NC(=O)c2ccc(S(=O)(=O)N3CCOCC3)cc2)N(C)C1=O. The molecule has 0 aromatic heterocycles. The lowest BCUT2D eigenvalue weighted by molar-refractivity contribution is -0.131. The van der Waals surface area contributed by atoms with E-state index in [1.54, 1.807) is 0 Å². The maximum absolute atomic E-state index is 12.6. The minimum absolute atomic E-state index is 0.0338. The Balaban J connectivity index is 1.70. The zero-order valence-electron chi connectivity index (χ0n) is 15.6. The molecule has 0 spiro atoms. The van der Waals surface area contributed by atoms with Gasteiger partial charge in [-0.1, -0.05) is 0 Å². The lowest BCUT2D eigenvalue weighted by Gasteiger charge is -2.36. The van der Waals surface area contributed by atoms with E-state index in [9.17, 15) is 22.8 Å². The van der Waals surface area contributed by atoms with E-state index in [-0.39, 0.29) is 35.9 Å². The van der Waals surface area contributed by atoms with Gasteiger partial charge in [-0.15, -0.1) is 0 Å². The highest BCUT2D eigenvalue weighted by Crippen LogP contribution is 2.18. The van der Waals surface area contributed by atoms with Crippen molar-refractivity contribution in [1.29, 1.82) is 0 Å². The lowest BCUT2D eigenvalue weighted by atomic mass is 10.2. The topological polar surface area (TPSA) is 116 Å². The number of hydrogen-bond acceptors (Lipinski definition) is 6. The molecule has 1 atom stereocenters. The van der Waals surface area contributed by atoms with Crippen molar-refractivity contribution in [2.24, 2.45) is 0 Å². The minimum atomic E-state index is -3.64. The van der Waals surface area contributed by atoms with E-state index in [1.165, 1.54) is 47.6 Å². The molecule has 0 saturated carbocycles. The van der Waals surface area contributed by atoms with Crippen LogP contribution in [0.4, 0.5) is 4.79 Å². The van der Waals surface area contributed by atoms with Crippen molar-refractivity contribution >= 4 is 27.9 Å². The quantitative estimate of drug-likeness (QED) is 0.727. The van der Waals surface area contributed by atoms with Crippen LogP contribution in [-0.4, -0.2) is 86.9 Å². The van der Waals surface area contributed by atoms with Crippen LogP contribution in [-0.2, 0) is 19.6 Å². The maximum Gasteiger partial charge on any atom is 0.327 e. The zero-order chi connectivity index (χ0) is 20.5. The molecule has 2 aliphatic heterocycles. The van der Waals surface area contributed by atoms with Crippen molar-refractivity contribution in [2.75, 3.05) is 40.4 Å². The molecular formula is C17H22N4O6S. The summed E-state index contributed by atoms with van der Waals surface area (Å²) in [5, 5.41) is 2.63. The number of benzene rings is 1. The Morgan fingerprint density at radius 1 is 1.11 bits per heavy atom. The number of hydrogen-bond donors (Lipinski definition) is 1. The highest BCUT2D eigenvalue weighted by Gasteiger charge is 2.35. The van der Waals surface area contributed by atoms with Crippen LogP contribution >= 0.6 is 0 Å². The van der Waals surface area contributed by atoms with Gasteiger partial charge in [0.25, 0.3) is 5.91 Å². The molecule has 10 nitrogen and oxygen atoms in total. The smallest absolute Gasteiger partial charge is 0.327 e. The molecule has 2 aliphatic rings. The summed E-state index contributed by atoms with van der Waals surface area (Å²) in [5.74, 6) is -0.891. The number of imide groups is 1. The van der Waals surface area contributed by atoms with Gasteiger partial charge in [0.05, 0.1) is 24.5 Å². The van der Waals surface area contributed by atoms with Crippen molar-refractivity contribution in [3.8, 4) is 0 Å². The van der Waals surface area contributed by atoms with Gasteiger partial charge in [-0.3, -0.25) is 14.5 Å². The molecule has 1 unspecified atom stereocenters. The van der Waals surface area contributed by atoms with Crippen LogP contribution in [0.2, 0.25) is 0 Å². The molecule has 2 heterocycles. The van der Waals surface area contributed by atoms with Crippen molar-refractivity contribution in [2.45, 2.75) is 17.5 Å². The van der Waals surface area contributed by atoms with Gasteiger partial charge in [-0.25, -0.2) is 13.2 Å². The van der Waals surface area contributed by atoms with Gasteiger partial charge < -0.3 is 15.0 Å². The molecule has 1 N–H and O–H groups in total. The predicted octanol–water partition coefficient (Wildman–Crippen LogP) is -0.323.